The fourth-order valence-corrected chi connectivity index (χ4v) is 3.28. The van der Waals surface area contributed by atoms with Crippen LogP contribution in [0.1, 0.15) is 53.8 Å². The number of carboxylic acid groups (broad SMARTS) is 1. The van der Waals surface area contributed by atoms with E-state index in [4.69, 9.17) is 5.11 Å². The largest absolute Gasteiger partial charge is 0.481 e. The van der Waals surface area contributed by atoms with Crippen LogP contribution in [-0.2, 0) is 11.0 Å². The molecule has 34 heavy (non-hydrogen) atoms. The van der Waals surface area contributed by atoms with Crippen molar-refractivity contribution >= 4 is 17.6 Å². The van der Waals surface area contributed by atoms with Crippen LogP contribution < -0.4 is 10.6 Å². The summed E-state index contributed by atoms with van der Waals surface area (Å²) in [6.45, 7) is 2.09. The molecule has 0 aliphatic carbocycles. The van der Waals surface area contributed by atoms with Gasteiger partial charge in [-0.1, -0.05) is 25.5 Å². The Morgan fingerprint density at radius 1 is 1.12 bits per heavy atom. The smallest absolute Gasteiger partial charge is 0.434 e. The number of hydrogen-bond donors (Lipinski definition) is 3. The predicted molar refractivity (Wildman–Crippen MR) is 119 cm³/mol. The second-order valence-corrected chi connectivity index (χ2v) is 7.58. The van der Waals surface area contributed by atoms with Crippen LogP contribution in [0.15, 0.2) is 55.1 Å². The Morgan fingerprint density at radius 2 is 1.85 bits per heavy atom. The van der Waals surface area contributed by atoms with Gasteiger partial charge in [-0.3, -0.25) is 14.2 Å². The Morgan fingerprint density at radius 3 is 2.41 bits per heavy atom. The number of aliphatic carboxylic acids is 1. The third-order valence-electron chi connectivity index (χ3n) is 5.00. The molecule has 2 aromatic heterocycles. The van der Waals surface area contributed by atoms with E-state index < -0.39 is 17.8 Å². The highest BCUT2D eigenvalue weighted by atomic mass is 19.4. The molecule has 8 nitrogen and oxygen atoms in total. The highest BCUT2D eigenvalue weighted by Crippen LogP contribution is 2.28. The van der Waals surface area contributed by atoms with E-state index in [1.807, 2.05) is 19.1 Å². The van der Waals surface area contributed by atoms with E-state index in [2.05, 4.69) is 20.6 Å². The summed E-state index contributed by atoms with van der Waals surface area (Å²) in [7, 11) is 0. The number of amides is 1. The summed E-state index contributed by atoms with van der Waals surface area (Å²) in [5.41, 5.74) is 1.07. The Labute approximate surface area is 193 Å². The number of carboxylic acids is 1. The topological polar surface area (TPSA) is 109 Å². The maximum Gasteiger partial charge on any atom is 0.434 e. The Hall–Kier alpha value is -3.89. The van der Waals surface area contributed by atoms with Crippen LogP contribution in [0, 0.1) is 0 Å². The van der Waals surface area contributed by atoms with Crippen molar-refractivity contribution < 1.29 is 27.9 Å². The summed E-state index contributed by atoms with van der Waals surface area (Å²) in [6, 6.07) is 10.2. The van der Waals surface area contributed by atoms with E-state index >= 15 is 0 Å². The van der Waals surface area contributed by atoms with Crippen LogP contribution in [0.5, 0.6) is 0 Å². The van der Waals surface area contributed by atoms with Crippen molar-refractivity contribution in [2.24, 2.45) is 0 Å². The number of alkyl halides is 3. The van der Waals surface area contributed by atoms with Gasteiger partial charge in [0, 0.05) is 18.3 Å². The zero-order valence-electron chi connectivity index (χ0n) is 18.3. The fraction of sp³-hybridized carbons (Fsp3) is 0.304. The van der Waals surface area contributed by atoms with E-state index in [1.165, 1.54) is 10.8 Å². The van der Waals surface area contributed by atoms with Crippen molar-refractivity contribution in [2.45, 2.75) is 38.4 Å². The number of carbonyl (C=O) groups is 2. The van der Waals surface area contributed by atoms with Gasteiger partial charge >= 0.3 is 12.1 Å². The van der Waals surface area contributed by atoms with Gasteiger partial charge in [-0.2, -0.15) is 13.2 Å². The third-order valence-corrected chi connectivity index (χ3v) is 5.00. The number of nitrogens with one attached hydrogen (secondary N) is 2. The number of halogens is 3. The number of carbonyl (C=O) groups excluding carboxylic acids is 1. The SMILES string of the molecule is CCCC(Nc1ccc(-n2cnc(C(F)(F)F)c2)nc1)c1ccc(C(=O)NCCC(=O)O)cc1. The molecular weight excluding hydrogens is 451 g/mol. The summed E-state index contributed by atoms with van der Waals surface area (Å²) >= 11 is 0. The standard InChI is InChI=1S/C23H24F3N5O3/c1-2-3-18(15-4-6-16(7-5-15)22(34)27-11-10-21(32)33)30-17-8-9-20(28-12-17)31-13-19(29-14-31)23(24,25)26/h4-9,12-14,18,30H,2-3,10-11H2,1H3,(H,27,34)(H,32,33). The molecule has 0 spiro atoms. The van der Waals surface area contributed by atoms with Gasteiger partial charge in [0.1, 0.15) is 12.1 Å². The number of imidazole rings is 1. The van der Waals surface area contributed by atoms with E-state index in [9.17, 15) is 22.8 Å². The van der Waals surface area contributed by atoms with Gasteiger partial charge in [0.25, 0.3) is 5.91 Å². The lowest BCUT2D eigenvalue weighted by Crippen LogP contribution is -2.26. The third kappa shape index (κ3) is 6.56. The van der Waals surface area contributed by atoms with Crippen LogP contribution >= 0.6 is 0 Å². The lowest BCUT2D eigenvalue weighted by Gasteiger charge is -2.20. The molecule has 180 valence electrons. The minimum absolute atomic E-state index is 0.0511. The van der Waals surface area contributed by atoms with Crippen LogP contribution in [0.2, 0.25) is 0 Å². The highest BCUT2D eigenvalue weighted by molar-refractivity contribution is 5.94. The molecule has 3 N–H and O–H groups in total. The van der Waals surface area contributed by atoms with Gasteiger partial charge in [-0.15, -0.1) is 0 Å². The summed E-state index contributed by atoms with van der Waals surface area (Å²) in [6.07, 6.45) is 0.498. The number of benzene rings is 1. The Kier molecular flexibility index (Phi) is 7.87. The van der Waals surface area contributed by atoms with Gasteiger partial charge in [0.2, 0.25) is 0 Å². The molecule has 0 saturated carbocycles. The average Bonchev–Trinajstić information content (AvgIpc) is 3.30. The van der Waals surface area contributed by atoms with Crippen molar-refractivity contribution in [3.63, 3.8) is 0 Å². The van der Waals surface area contributed by atoms with Crippen LogP contribution in [0.4, 0.5) is 18.9 Å². The van der Waals surface area contributed by atoms with E-state index in [0.717, 1.165) is 30.9 Å². The Balaban J connectivity index is 1.67. The van der Waals surface area contributed by atoms with E-state index in [0.29, 0.717) is 17.1 Å². The zero-order valence-corrected chi connectivity index (χ0v) is 18.3. The first-order chi connectivity index (χ1) is 16.2. The summed E-state index contributed by atoms with van der Waals surface area (Å²) < 4.78 is 39.5. The molecule has 0 saturated heterocycles. The molecule has 0 bridgehead atoms. The first-order valence-electron chi connectivity index (χ1n) is 10.6. The van der Waals surface area contributed by atoms with Crippen molar-refractivity contribution in [1.82, 2.24) is 19.9 Å². The first-order valence-corrected chi connectivity index (χ1v) is 10.6. The maximum atomic E-state index is 12.8. The van der Waals surface area contributed by atoms with Crippen molar-refractivity contribution in [3.05, 3.63) is 71.9 Å². The van der Waals surface area contributed by atoms with Crippen molar-refractivity contribution in [3.8, 4) is 5.82 Å². The number of hydrogen-bond acceptors (Lipinski definition) is 5. The summed E-state index contributed by atoms with van der Waals surface area (Å²) in [5, 5.41) is 14.6. The van der Waals surface area contributed by atoms with E-state index in [-0.39, 0.29) is 24.9 Å². The number of pyridine rings is 1. The highest BCUT2D eigenvalue weighted by Gasteiger charge is 2.33. The first kappa shape index (κ1) is 24.7. The number of anilines is 1. The van der Waals surface area contributed by atoms with Crippen LogP contribution in [0.3, 0.4) is 0 Å². The molecule has 1 amide bonds. The number of rotatable bonds is 10. The predicted octanol–water partition coefficient (Wildman–Crippen LogP) is 4.44. The molecule has 0 aliphatic heterocycles. The monoisotopic (exact) mass is 475 g/mol. The molecule has 0 aliphatic rings. The molecule has 3 aromatic rings. The minimum Gasteiger partial charge on any atom is -0.481 e. The van der Waals surface area contributed by atoms with Gasteiger partial charge in [0.05, 0.1) is 24.3 Å². The van der Waals surface area contributed by atoms with Gasteiger partial charge in [-0.25, -0.2) is 9.97 Å². The molecule has 0 fully saturated rings. The minimum atomic E-state index is -4.52. The second kappa shape index (κ2) is 10.8. The molecule has 3 rings (SSSR count). The molecule has 0 radical (unpaired) electrons. The molecular formula is C23H24F3N5O3. The molecule has 1 aromatic carbocycles. The molecule has 1 atom stereocenters. The Bertz CT molecular complexity index is 1110. The maximum absolute atomic E-state index is 12.8. The van der Waals surface area contributed by atoms with Crippen molar-refractivity contribution in [1.29, 1.82) is 0 Å². The van der Waals surface area contributed by atoms with Crippen LogP contribution in [0.25, 0.3) is 5.82 Å². The lowest BCUT2D eigenvalue weighted by atomic mass is 10.0. The normalized spacial score (nSPS) is 12.2. The lowest BCUT2D eigenvalue weighted by molar-refractivity contribution is -0.141. The number of nitrogens with zero attached hydrogens (tertiary/aromatic N) is 3. The van der Waals surface area contributed by atoms with Crippen LogP contribution in [-0.4, -0.2) is 38.1 Å². The fourth-order valence-electron chi connectivity index (χ4n) is 3.28. The quantitative estimate of drug-likeness (QED) is 0.400. The molecule has 11 heteroatoms. The molecule has 1 unspecified atom stereocenters. The van der Waals surface area contributed by atoms with Gasteiger partial charge < -0.3 is 15.7 Å². The van der Waals surface area contributed by atoms with Gasteiger partial charge in [0.15, 0.2) is 5.69 Å². The number of aromatic nitrogens is 3. The average molecular weight is 475 g/mol. The van der Waals surface area contributed by atoms with E-state index in [1.54, 1.807) is 24.3 Å². The van der Waals surface area contributed by atoms with Gasteiger partial charge in [-0.05, 0) is 36.2 Å². The second-order valence-electron chi connectivity index (χ2n) is 7.58. The summed E-state index contributed by atoms with van der Waals surface area (Å²) in [4.78, 5) is 30.3. The summed E-state index contributed by atoms with van der Waals surface area (Å²) in [5.74, 6) is -1.03. The van der Waals surface area contributed by atoms with Crippen molar-refractivity contribution in [2.75, 3.05) is 11.9 Å². The zero-order chi connectivity index (χ0) is 24.7. The molecule has 2 heterocycles.